The first-order valence-electron chi connectivity index (χ1n) is 10.5. The van der Waals surface area contributed by atoms with E-state index in [1.165, 1.54) is 12.1 Å². The van der Waals surface area contributed by atoms with Crippen LogP contribution in [0.15, 0.2) is 89.8 Å². The van der Waals surface area contributed by atoms with Crippen molar-refractivity contribution >= 4 is 16.1 Å². The number of hydrogen-bond acceptors (Lipinski definition) is 6. The highest BCUT2D eigenvalue weighted by atomic mass is 32.2. The molecule has 7 heteroatoms. The molecule has 1 atom stereocenters. The first-order valence-corrected chi connectivity index (χ1v) is 11.9. The third-order valence-corrected chi connectivity index (χ3v) is 6.13. The number of benzene rings is 3. The van der Waals surface area contributed by atoms with E-state index in [1.807, 2.05) is 30.3 Å². The van der Waals surface area contributed by atoms with Crippen LogP contribution in [0.5, 0.6) is 5.75 Å². The highest BCUT2D eigenvalue weighted by Crippen LogP contribution is 2.25. The Morgan fingerprint density at radius 2 is 1.53 bits per heavy atom. The molecule has 0 radical (unpaired) electrons. The summed E-state index contributed by atoms with van der Waals surface area (Å²) in [6.45, 7) is 3.35. The second-order valence-electron chi connectivity index (χ2n) is 7.24. The van der Waals surface area contributed by atoms with Crippen molar-refractivity contribution in [1.29, 1.82) is 0 Å². The van der Waals surface area contributed by atoms with E-state index in [2.05, 4.69) is 5.32 Å². The van der Waals surface area contributed by atoms with Gasteiger partial charge in [0.25, 0.3) is 0 Å². The van der Waals surface area contributed by atoms with E-state index in [1.54, 1.807) is 49.4 Å². The normalized spacial score (nSPS) is 12.2. The Morgan fingerprint density at radius 1 is 0.906 bits per heavy atom. The van der Waals surface area contributed by atoms with Crippen LogP contribution in [0, 0.1) is 0 Å². The molecule has 6 nitrogen and oxygen atoms in total. The maximum absolute atomic E-state index is 12.4. The van der Waals surface area contributed by atoms with Crippen molar-refractivity contribution < 1.29 is 22.1 Å². The quantitative estimate of drug-likeness (QED) is 0.345. The second kappa shape index (κ2) is 11.5. The molecule has 0 bridgehead atoms. The van der Waals surface area contributed by atoms with Crippen LogP contribution in [0.3, 0.4) is 0 Å². The number of ether oxygens (including phenoxy) is 1. The van der Waals surface area contributed by atoms with Crippen molar-refractivity contribution in [1.82, 2.24) is 5.32 Å². The minimum Gasteiger partial charge on any atom is -0.466 e. The summed E-state index contributed by atoms with van der Waals surface area (Å²) >= 11 is 0. The fourth-order valence-corrected chi connectivity index (χ4v) is 4.22. The molecule has 0 saturated heterocycles. The minimum atomic E-state index is -3.90. The average molecular weight is 454 g/mol. The summed E-state index contributed by atoms with van der Waals surface area (Å²) in [5.41, 5.74) is 2.04. The van der Waals surface area contributed by atoms with E-state index < -0.39 is 10.1 Å². The third-order valence-electron chi connectivity index (χ3n) is 4.87. The van der Waals surface area contributed by atoms with Gasteiger partial charge in [0.2, 0.25) is 0 Å². The minimum absolute atomic E-state index is 0.0920. The van der Waals surface area contributed by atoms with Crippen LogP contribution in [0.2, 0.25) is 0 Å². The number of carbonyl (C=O) groups excluding carboxylic acids is 1. The molecular weight excluding hydrogens is 426 g/mol. The molecular formula is C25H27NO5S. The molecule has 0 fully saturated rings. The van der Waals surface area contributed by atoms with Crippen molar-refractivity contribution in [3.05, 3.63) is 96.1 Å². The molecule has 0 aliphatic rings. The van der Waals surface area contributed by atoms with Gasteiger partial charge in [-0.25, -0.2) is 0 Å². The Labute approximate surface area is 189 Å². The van der Waals surface area contributed by atoms with Crippen molar-refractivity contribution in [2.45, 2.75) is 30.7 Å². The third kappa shape index (κ3) is 6.93. The molecule has 0 heterocycles. The molecule has 0 spiro atoms. The van der Waals surface area contributed by atoms with Crippen molar-refractivity contribution in [3.63, 3.8) is 0 Å². The topological polar surface area (TPSA) is 81.7 Å². The van der Waals surface area contributed by atoms with Crippen LogP contribution in [-0.4, -0.2) is 27.5 Å². The zero-order valence-corrected chi connectivity index (χ0v) is 18.8. The second-order valence-corrected chi connectivity index (χ2v) is 8.79. The van der Waals surface area contributed by atoms with Gasteiger partial charge in [-0.3, -0.25) is 4.79 Å². The van der Waals surface area contributed by atoms with Crippen molar-refractivity contribution in [3.8, 4) is 5.75 Å². The lowest BCUT2D eigenvalue weighted by atomic mass is 9.95. The Bertz CT molecular complexity index is 1080. The van der Waals surface area contributed by atoms with Crippen LogP contribution in [0.4, 0.5) is 0 Å². The molecule has 0 aromatic heterocycles. The van der Waals surface area contributed by atoms with Crippen LogP contribution in [-0.2, 0) is 26.2 Å². The predicted molar refractivity (Wildman–Crippen MR) is 123 cm³/mol. The molecule has 0 saturated carbocycles. The summed E-state index contributed by atoms with van der Waals surface area (Å²) in [7, 11) is -3.90. The van der Waals surface area contributed by atoms with Crippen LogP contribution in [0.25, 0.3) is 0 Å². The number of carbonyl (C=O) groups is 1. The number of hydrogen-bond donors (Lipinski definition) is 1. The molecule has 0 amide bonds. The molecule has 0 aliphatic heterocycles. The van der Waals surface area contributed by atoms with E-state index >= 15 is 0 Å². The van der Waals surface area contributed by atoms with Crippen molar-refractivity contribution in [2.24, 2.45) is 0 Å². The van der Waals surface area contributed by atoms with E-state index in [0.717, 1.165) is 11.1 Å². The summed E-state index contributed by atoms with van der Waals surface area (Å²) < 4.78 is 35.2. The highest BCUT2D eigenvalue weighted by molar-refractivity contribution is 7.87. The first-order chi connectivity index (χ1) is 15.5. The maximum Gasteiger partial charge on any atom is 0.339 e. The average Bonchev–Trinajstić information content (AvgIpc) is 2.80. The smallest absolute Gasteiger partial charge is 0.339 e. The van der Waals surface area contributed by atoms with Crippen molar-refractivity contribution in [2.75, 3.05) is 13.2 Å². The Kier molecular flexibility index (Phi) is 8.41. The van der Waals surface area contributed by atoms with Gasteiger partial charge < -0.3 is 14.2 Å². The number of rotatable bonds is 11. The summed E-state index contributed by atoms with van der Waals surface area (Å²) in [5, 5.41) is 3.39. The van der Waals surface area contributed by atoms with E-state index in [-0.39, 0.29) is 29.0 Å². The molecule has 1 N–H and O–H groups in total. The zero-order chi connectivity index (χ0) is 22.8. The molecule has 168 valence electrons. The standard InChI is InChI=1S/C25H27NO5S/c1-2-30-25(27)17-22(19-26-18-20-9-5-3-6-10-20)21-13-15-23(16-14-21)31-32(28,29)24-11-7-4-8-12-24/h3-16,22,26H,2,17-19H2,1H3. The van der Waals surface area contributed by atoms with Gasteiger partial charge in [0.15, 0.2) is 0 Å². The van der Waals surface area contributed by atoms with Gasteiger partial charge in [-0.05, 0) is 42.3 Å². The number of esters is 1. The Balaban J connectivity index is 1.69. The fourth-order valence-electron chi connectivity index (χ4n) is 3.27. The van der Waals surface area contributed by atoms with E-state index in [9.17, 15) is 13.2 Å². The van der Waals surface area contributed by atoms with Gasteiger partial charge in [-0.2, -0.15) is 8.42 Å². The molecule has 32 heavy (non-hydrogen) atoms. The van der Waals surface area contributed by atoms with E-state index in [0.29, 0.717) is 19.7 Å². The summed E-state index contributed by atoms with van der Waals surface area (Å²) in [6.07, 6.45) is 0.220. The van der Waals surface area contributed by atoms with Crippen LogP contribution >= 0.6 is 0 Å². The molecule has 0 aliphatic carbocycles. The Hall–Kier alpha value is -3.16. The SMILES string of the molecule is CCOC(=O)CC(CNCc1ccccc1)c1ccc(OS(=O)(=O)c2ccccc2)cc1. The molecule has 3 aromatic carbocycles. The fraction of sp³-hybridized carbons (Fsp3) is 0.240. The van der Waals surface area contributed by atoms with Gasteiger partial charge in [-0.15, -0.1) is 0 Å². The largest absolute Gasteiger partial charge is 0.466 e. The van der Waals surface area contributed by atoms with Crippen LogP contribution < -0.4 is 9.50 Å². The monoisotopic (exact) mass is 453 g/mol. The lowest BCUT2D eigenvalue weighted by Crippen LogP contribution is -2.24. The molecule has 3 rings (SSSR count). The van der Waals surface area contributed by atoms with Gasteiger partial charge in [0.05, 0.1) is 13.0 Å². The predicted octanol–water partition coefficient (Wildman–Crippen LogP) is 4.28. The van der Waals surface area contributed by atoms with Gasteiger partial charge in [0.1, 0.15) is 10.6 Å². The van der Waals surface area contributed by atoms with Gasteiger partial charge >= 0.3 is 16.1 Å². The highest BCUT2D eigenvalue weighted by Gasteiger charge is 2.19. The summed E-state index contributed by atoms with van der Waals surface area (Å²) in [4.78, 5) is 12.2. The zero-order valence-electron chi connectivity index (χ0n) is 17.9. The van der Waals surface area contributed by atoms with E-state index in [4.69, 9.17) is 8.92 Å². The summed E-state index contributed by atoms with van der Waals surface area (Å²) in [6, 6.07) is 24.8. The van der Waals surface area contributed by atoms with Gasteiger partial charge in [0, 0.05) is 19.0 Å². The van der Waals surface area contributed by atoms with Gasteiger partial charge in [-0.1, -0.05) is 60.7 Å². The first kappa shape index (κ1) is 23.5. The molecule has 3 aromatic rings. The summed E-state index contributed by atoms with van der Waals surface area (Å²) in [5.74, 6) is -0.187. The lowest BCUT2D eigenvalue weighted by Gasteiger charge is -2.18. The number of nitrogens with one attached hydrogen (secondary N) is 1. The Morgan fingerprint density at radius 3 is 2.16 bits per heavy atom. The lowest BCUT2D eigenvalue weighted by molar-refractivity contribution is -0.143. The maximum atomic E-state index is 12.4. The van der Waals surface area contributed by atoms with Crippen LogP contribution in [0.1, 0.15) is 30.4 Å². The molecule has 1 unspecified atom stereocenters.